The average Bonchev–Trinajstić information content (AvgIpc) is 2.59. The second kappa shape index (κ2) is 7.37. The fraction of sp³-hybridized carbons (Fsp3) is 0.188. The molecule has 1 aromatic carbocycles. The van der Waals surface area contributed by atoms with Gasteiger partial charge in [-0.1, -0.05) is 12.1 Å². The first-order valence-corrected chi connectivity index (χ1v) is 7.11. The molecule has 0 fully saturated rings. The van der Waals surface area contributed by atoms with Gasteiger partial charge in [-0.25, -0.2) is 0 Å². The molecule has 1 heterocycles. The highest BCUT2D eigenvalue weighted by Crippen LogP contribution is 2.26. The largest absolute Gasteiger partial charge is 0.545 e. The zero-order valence-electron chi connectivity index (χ0n) is 13.1. The van der Waals surface area contributed by atoms with E-state index in [0.717, 1.165) is 4.57 Å². The van der Waals surface area contributed by atoms with Crippen LogP contribution in [0.2, 0.25) is 0 Å². The van der Waals surface area contributed by atoms with E-state index in [1.807, 2.05) is 0 Å². The summed E-state index contributed by atoms with van der Waals surface area (Å²) in [5.41, 5.74) is -0.899. The van der Waals surface area contributed by atoms with E-state index in [2.05, 4.69) is 10.2 Å². The minimum Gasteiger partial charge on any atom is -0.545 e. The standard InChI is InChI=1S/C16H14N4O5/c1-9-12(8-17)14(22)20(5-6-21)15(23)13(9)19-18-11-4-2-3-10(7-11)16(24)25/h2-4,7,21-22H,5-6H2,1H3,(H,24,25)/p-1. The Morgan fingerprint density at radius 3 is 2.72 bits per heavy atom. The number of benzene rings is 1. The van der Waals surface area contributed by atoms with Crippen molar-refractivity contribution >= 4 is 17.3 Å². The summed E-state index contributed by atoms with van der Waals surface area (Å²) < 4.78 is 0.817. The molecule has 2 aromatic rings. The number of aromatic hydroxyl groups is 1. The van der Waals surface area contributed by atoms with Gasteiger partial charge < -0.3 is 20.1 Å². The van der Waals surface area contributed by atoms with Crippen molar-refractivity contribution < 1.29 is 20.1 Å². The van der Waals surface area contributed by atoms with Gasteiger partial charge in [0.1, 0.15) is 11.6 Å². The third-order valence-corrected chi connectivity index (χ3v) is 3.44. The molecule has 0 amide bonds. The number of carboxylic acids is 1. The Balaban J connectivity index is 2.58. The second-order valence-electron chi connectivity index (χ2n) is 5.00. The fourth-order valence-corrected chi connectivity index (χ4v) is 2.17. The molecule has 9 heteroatoms. The summed E-state index contributed by atoms with van der Waals surface area (Å²) in [6.45, 7) is 0.781. The molecule has 2 rings (SSSR count). The number of aromatic carboxylic acids is 1. The van der Waals surface area contributed by atoms with Gasteiger partial charge in [-0.2, -0.15) is 10.4 Å². The lowest BCUT2D eigenvalue weighted by Crippen LogP contribution is -2.23. The van der Waals surface area contributed by atoms with Gasteiger partial charge in [-0.15, -0.1) is 5.11 Å². The van der Waals surface area contributed by atoms with Crippen LogP contribution in [0.1, 0.15) is 21.5 Å². The summed E-state index contributed by atoms with van der Waals surface area (Å²) in [6.07, 6.45) is 0. The summed E-state index contributed by atoms with van der Waals surface area (Å²) in [5.74, 6) is -1.94. The Hall–Kier alpha value is -3.51. The first kappa shape index (κ1) is 17.8. The van der Waals surface area contributed by atoms with E-state index in [4.69, 9.17) is 10.4 Å². The van der Waals surface area contributed by atoms with Crippen LogP contribution in [-0.4, -0.2) is 27.4 Å². The molecule has 0 saturated carbocycles. The van der Waals surface area contributed by atoms with Crippen LogP contribution in [0.5, 0.6) is 5.88 Å². The maximum absolute atomic E-state index is 12.4. The van der Waals surface area contributed by atoms with Gasteiger partial charge in [-0.3, -0.25) is 9.36 Å². The second-order valence-corrected chi connectivity index (χ2v) is 5.00. The van der Waals surface area contributed by atoms with E-state index in [9.17, 15) is 19.8 Å². The lowest BCUT2D eigenvalue weighted by Gasteiger charge is -2.11. The summed E-state index contributed by atoms with van der Waals surface area (Å²) >= 11 is 0. The monoisotopic (exact) mass is 341 g/mol. The number of hydrogen-bond acceptors (Lipinski definition) is 8. The van der Waals surface area contributed by atoms with E-state index in [0.29, 0.717) is 0 Å². The molecule has 0 bridgehead atoms. The molecule has 0 atom stereocenters. The van der Waals surface area contributed by atoms with E-state index in [-0.39, 0.29) is 34.6 Å². The first-order valence-electron chi connectivity index (χ1n) is 7.11. The van der Waals surface area contributed by atoms with Crippen molar-refractivity contribution in [3.05, 3.63) is 51.3 Å². The Labute approximate surface area is 141 Å². The van der Waals surface area contributed by atoms with Gasteiger partial charge in [-0.05, 0) is 24.6 Å². The third-order valence-electron chi connectivity index (χ3n) is 3.44. The highest BCUT2D eigenvalue weighted by atomic mass is 16.4. The van der Waals surface area contributed by atoms with Gasteiger partial charge in [0.2, 0.25) is 5.88 Å². The van der Waals surface area contributed by atoms with Crippen molar-refractivity contribution in [1.29, 1.82) is 5.26 Å². The number of aliphatic hydroxyl groups is 1. The Morgan fingerprint density at radius 1 is 1.40 bits per heavy atom. The summed E-state index contributed by atoms with van der Waals surface area (Å²) in [4.78, 5) is 23.2. The van der Waals surface area contributed by atoms with Crippen LogP contribution in [0.3, 0.4) is 0 Å². The van der Waals surface area contributed by atoms with Crippen molar-refractivity contribution in [3.63, 3.8) is 0 Å². The van der Waals surface area contributed by atoms with Gasteiger partial charge in [0.05, 0.1) is 24.8 Å². The van der Waals surface area contributed by atoms with Crippen LogP contribution in [0, 0.1) is 18.3 Å². The predicted molar refractivity (Wildman–Crippen MR) is 83.9 cm³/mol. The minimum absolute atomic E-state index is 0.103. The Morgan fingerprint density at radius 2 is 2.12 bits per heavy atom. The minimum atomic E-state index is -1.38. The lowest BCUT2D eigenvalue weighted by atomic mass is 10.1. The number of carbonyl (C=O) groups excluding carboxylic acids is 1. The predicted octanol–water partition coefficient (Wildman–Crippen LogP) is 0.505. The maximum Gasteiger partial charge on any atom is 0.281 e. The third kappa shape index (κ3) is 3.54. The number of hydrogen-bond donors (Lipinski definition) is 2. The number of nitrogens with zero attached hydrogens (tertiary/aromatic N) is 4. The number of azo groups is 1. The average molecular weight is 341 g/mol. The summed E-state index contributed by atoms with van der Waals surface area (Å²) in [5, 5.41) is 46.6. The quantitative estimate of drug-likeness (QED) is 0.756. The SMILES string of the molecule is Cc1c(C#N)c(O)n(CCO)c(=O)c1N=Nc1cccc(C(=O)[O-])c1. The first-order chi connectivity index (χ1) is 11.9. The fourth-order valence-electron chi connectivity index (χ4n) is 2.17. The summed E-state index contributed by atoms with van der Waals surface area (Å²) in [6, 6.07) is 7.22. The van der Waals surface area contributed by atoms with Crippen LogP contribution < -0.4 is 10.7 Å². The van der Waals surface area contributed by atoms with Gasteiger partial charge >= 0.3 is 0 Å². The van der Waals surface area contributed by atoms with E-state index >= 15 is 0 Å². The van der Waals surface area contributed by atoms with Crippen LogP contribution in [0.25, 0.3) is 0 Å². The van der Waals surface area contributed by atoms with Crippen molar-refractivity contribution in [2.75, 3.05) is 6.61 Å². The van der Waals surface area contributed by atoms with Crippen LogP contribution >= 0.6 is 0 Å². The molecule has 0 aliphatic rings. The molecular formula is C16H13N4O5-. The molecule has 0 aliphatic carbocycles. The van der Waals surface area contributed by atoms with E-state index < -0.39 is 24.0 Å². The molecule has 1 aromatic heterocycles. The molecule has 2 N–H and O–H groups in total. The molecule has 0 unspecified atom stereocenters. The number of carboxylic acid groups (broad SMARTS) is 1. The topological polar surface area (TPSA) is 151 Å². The van der Waals surface area contributed by atoms with Gasteiger partial charge in [0.15, 0.2) is 5.69 Å². The summed E-state index contributed by atoms with van der Waals surface area (Å²) in [7, 11) is 0. The molecule has 128 valence electrons. The van der Waals surface area contributed by atoms with Gasteiger partial charge in [0, 0.05) is 5.56 Å². The highest BCUT2D eigenvalue weighted by Gasteiger charge is 2.18. The van der Waals surface area contributed by atoms with Crippen molar-refractivity contribution in [2.24, 2.45) is 10.2 Å². The van der Waals surface area contributed by atoms with Crippen LogP contribution in [0.15, 0.2) is 39.3 Å². The smallest absolute Gasteiger partial charge is 0.281 e. The number of pyridine rings is 1. The van der Waals surface area contributed by atoms with Crippen molar-refractivity contribution in [1.82, 2.24) is 4.57 Å². The molecule has 25 heavy (non-hydrogen) atoms. The number of aromatic nitrogens is 1. The number of rotatable bonds is 5. The zero-order valence-corrected chi connectivity index (χ0v) is 13.1. The maximum atomic E-state index is 12.4. The number of nitriles is 1. The zero-order chi connectivity index (χ0) is 18.6. The van der Waals surface area contributed by atoms with Crippen molar-refractivity contribution in [3.8, 4) is 11.9 Å². The van der Waals surface area contributed by atoms with E-state index in [1.165, 1.54) is 31.2 Å². The lowest BCUT2D eigenvalue weighted by molar-refractivity contribution is -0.255. The van der Waals surface area contributed by atoms with Crippen LogP contribution in [-0.2, 0) is 6.54 Å². The highest BCUT2D eigenvalue weighted by molar-refractivity contribution is 5.86. The van der Waals surface area contributed by atoms with Crippen LogP contribution in [0.4, 0.5) is 11.4 Å². The number of aliphatic hydroxyl groups excluding tert-OH is 1. The van der Waals surface area contributed by atoms with Crippen molar-refractivity contribution in [2.45, 2.75) is 13.5 Å². The Kier molecular flexibility index (Phi) is 5.26. The molecule has 0 radical (unpaired) electrons. The van der Waals surface area contributed by atoms with Gasteiger partial charge in [0.25, 0.3) is 5.56 Å². The van der Waals surface area contributed by atoms with E-state index in [1.54, 1.807) is 6.07 Å². The molecule has 0 spiro atoms. The number of carbonyl (C=O) groups is 1. The molecule has 0 saturated heterocycles. The molecule has 0 aliphatic heterocycles. The molecule has 9 nitrogen and oxygen atoms in total. The normalized spacial score (nSPS) is 10.8. The molecular weight excluding hydrogens is 328 g/mol. The Bertz CT molecular complexity index is 956.